The van der Waals surface area contributed by atoms with Crippen LogP contribution in [0.4, 0.5) is 0 Å². The van der Waals surface area contributed by atoms with E-state index in [0.29, 0.717) is 13.0 Å². The Morgan fingerprint density at radius 2 is 2.43 bits per heavy atom. The fourth-order valence-electron chi connectivity index (χ4n) is 1.35. The highest BCUT2D eigenvalue weighted by Crippen LogP contribution is 2.07. The summed E-state index contributed by atoms with van der Waals surface area (Å²) >= 11 is 0. The maximum Gasteiger partial charge on any atom is 0.140 e. The number of nitrogens with zero attached hydrogens (tertiary/aromatic N) is 2. The Kier molecular flexibility index (Phi) is 3.83. The van der Waals surface area contributed by atoms with Gasteiger partial charge in [0.15, 0.2) is 0 Å². The van der Waals surface area contributed by atoms with E-state index in [0.717, 1.165) is 12.0 Å². The van der Waals surface area contributed by atoms with E-state index >= 15 is 0 Å². The fraction of sp³-hybridized carbons (Fsp3) is 0.600. The van der Waals surface area contributed by atoms with Gasteiger partial charge in [0.25, 0.3) is 0 Å². The molecule has 0 aliphatic carbocycles. The Labute approximate surface area is 84.1 Å². The molecule has 0 fully saturated rings. The van der Waals surface area contributed by atoms with Crippen molar-refractivity contribution in [1.29, 1.82) is 0 Å². The SMILES string of the molecule is CC(CCN)C(=O)Cc1cnn(C)c1. The normalized spacial score (nSPS) is 12.8. The van der Waals surface area contributed by atoms with Crippen LogP contribution in [0.2, 0.25) is 0 Å². The van der Waals surface area contributed by atoms with Crippen molar-refractivity contribution < 1.29 is 4.79 Å². The van der Waals surface area contributed by atoms with Crippen LogP contribution in [-0.4, -0.2) is 22.1 Å². The number of aryl methyl sites for hydroxylation is 1. The van der Waals surface area contributed by atoms with Crippen LogP contribution in [0.5, 0.6) is 0 Å². The number of ketones is 1. The molecule has 0 saturated carbocycles. The summed E-state index contributed by atoms with van der Waals surface area (Å²) in [4.78, 5) is 11.6. The first kappa shape index (κ1) is 10.9. The van der Waals surface area contributed by atoms with Crippen molar-refractivity contribution in [3.63, 3.8) is 0 Å². The lowest BCUT2D eigenvalue weighted by Gasteiger charge is -2.06. The lowest BCUT2D eigenvalue weighted by molar-refractivity contribution is -0.121. The number of hydrogen-bond acceptors (Lipinski definition) is 3. The van der Waals surface area contributed by atoms with Crippen molar-refractivity contribution >= 4 is 5.78 Å². The Bertz CT molecular complexity index is 306. The summed E-state index contributed by atoms with van der Waals surface area (Å²) in [5.41, 5.74) is 6.37. The standard InChI is InChI=1S/C10H17N3O/c1-8(3-4-11)10(14)5-9-6-12-13(2)7-9/h6-8H,3-5,11H2,1-2H3. The van der Waals surface area contributed by atoms with Crippen molar-refractivity contribution in [3.05, 3.63) is 18.0 Å². The summed E-state index contributed by atoms with van der Waals surface area (Å²) in [6.45, 7) is 2.49. The maximum atomic E-state index is 11.6. The van der Waals surface area contributed by atoms with Crippen LogP contribution in [0.25, 0.3) is 0 Å². The van der Waals surface area contributed by atoms with E-state index in [-0.39, 0.29) is 11.7 Å². The summed E-state index contributed by atoms with van der Waals surface area (Å²) in [5, 5.41) is 4.01. The monoisotopic (exact) mass is 195 g/mol. The molecule has 1 rings (SSSR count). The summed E-state index contributed by atoms with van der Waals surface area (Å²) in [7, 11) is 1.84. The third-order valence-electron chi connectivity index (χ3n) is 2.29. The van der Waals surface area contributed by atoms with E-state index in [2.05, 4.69) is 5.10 Å². The van der Waals surface area contributed by atoms with E-state index in [1.165, 1.54) is 0 Å². The number of carbonyl (C=O) groups is 1. The lowest BCUT2D eigenvalue weighted by Crippen LogP contribution is -2.17. The largest absolute Gasteiger partial charge is 0.330 e. The Hall–Kier alpha value is -1.16. The predicted molar refractivity (Wildman–Crippen MR) is 54.8 cm³/mol. The zero-order chi connectivity index (χ0) is 10.6. The molecular weight excluding hydrogens is 178 g/mol. The molecule has 0 aromatic carbocycles. The summed E-state index contributed by atoms with van der Waals surface area (Å²) in [6, 6.07) is 0. The number of carbonyl (C=O) groups excluding carboxylic acids is 1. The number of hydrogen-bond donors (Lipinski definition) is 1. The molecular formula is C10H17N3O. The molecule has 1 heterocycles. The first-order valence-corrected chi connectivity index (χ1v) is 4.83. The summed E-state index contributed by atoms with van der Waals surface area (Å²) < 4.78 is 1.70. The molecule has 4 nitrogen and oxygen atoms in total. The fourth-order valence-corrected chi connectivity index (χ4v) is 1.35. The van der Waals surface area contributed by atoms with Gasteiger partial charge in [0.2, 0.25) is 0 Å². The molecule has 1 atom stereocenters. The molecule has 78 valence electrons. The second kappa shape index (κ2) is 4.91. The average Bonchev–Trinajstić information content (AvgIpc) is 2.51. The molecule has 0 amide bonds. The first-order chi connectivity index (χ1) is 6.63. The van der Waals surface area contributed by atoms with Crippen molar-refractivity contribution in [3.8, 4) is 0 Å². The molecule has 0 aliphatic heterocycles. The van der Waals surface area contributed by atoms with E-state index in [4.69, 9.17) is 5.73 Å². The van der Waals surface area contributed by atoms with Crippen LogP contribution in [0.15, 0.2) is 12.4 Å². The molecule has 0 radical (unpaired) electrons. The van der Waals surface area contributed by atoms with Gasteiger partial charge in [0, 0.05) is 25.6 Å². The minimum Gasteiger partial charge on any atom is -0.330 e. The molecule has 0 saturated heterocycles. The minimum absolute atomic E-state index is 0.0557. The van der Waals surface area contributed by atoms with E-state index in [9.17, 15) is 4.79 Å². The van der Waals surface area contributed by atoms with Crippen molar-refractivity contribution in [2.45, 2.75) is 19.8 Å². The second-order valence-corrected chi connectivity index (χ2v) is 3.64. The molecule has 1 unspecified atom stereocenters. The molecule has 0 spiro atoms. The number of nitrogens with two attached hydrogens (primary N) is 1. The third-order valence-corrected chi connectivity index (χ3v) is 2.29. The van der Waals surface area contributed by atoms with Crippen molar-refractivity contribution in [1.82, 2.24) is 9.78 Å². The maximum absolute atomic E-state index is 11.6. The number of Topliss-reactive ketones (excluding diaryl/α,β-unsaturated/α-hetero) is 1. The van der Waals surface area contributed by atoms with Crippen LogP contribution in [0.1, 0.15) is 18.9 Å². The highest BCUT2D eigenvalue weighted by Gasteiger charge is 2.12. The minimum atomic E-state index is 0.0557. The van der Waals surface area contributed by atoms with Crippen LogP contribution in [-0.2, 0) is 18.3 Å². The molecule has 4 heteroatoms. The van der Waals surface area contributed by atoms with E-state index < -0.39 is 0 Å². The molecule has 0 bridgehead atoms. The molecule has 1 aromatic heterocycles. The third kappa shape index (κ3) is 2.96. The quantitative estimate of drug-likeness (QED) is 0.745. The second-order valence-electron chi connectivity index (χ2n) is 3.64. The summed E-state index contributed by atoms with van der Waals surface area (Å²) in [6.07, 6.45) is 4.83. The zero-order valence-electron chi connectivity index (χ0n) is 8.73. The highest BCUT2D eigenvalue weighted by molar-refractivity contribution is 5.82. The molecule has 2 N–H and O–H groups in total. The van der Waals surface area contributed by atoms with Crippen LogP contribution >= 0.6 is 0 Å². The van der Waals surface area contributed by atoms with Crippen LogP contribution < -0.4 is 5.73 Å². The first-order valence-electron chi connectivity index (χ1n) is 4.83. The van der Waals surface area contributed by atoms with Gasteiger partial charge in [-0.3, -0.25) is 9.48 Å². The number of rotatable bonds is 5. The Balaban J connectivity index is 2.48. The van der Waals surface area contributed by atoms with Crippen LogP contribution in [0.3, 0.4) is 0 Å². The van der Waals surface area contributed by atoms with Gasteiger partial charge in [-0.15, -0.1) is 0 Å². The van der Waals surface area contributed by atoms with Gasteiger partial charge >= 0.3 is 0 Å². The van der Waals surface area contributed by atoms with Gasteiger partial charge in [-0.05, 0) is 18.5 Å². The van der Waals surface area contributed by atoms with Gasteiger partial charge in [-0.2, -0.15) is 5.10 Å². The van der Waals surface area contributed by atoms with Crippen molar-refractivity contribution in [2.24, 2.45) is 18.7 Å². The Morgan fingerprint density at radius 3 is 2.93 bits per heavy atom. The van der Waals surface area contributed by atoms with Crippen molar-refractivity contribution in [2.75, 3.05) is 6.54 Å². The zero-order valence-corrected chi connectivity index (χ0v) is 8.73. The number of aromatic nitrogens is 2. The molecule has 0 aliphatic rings. The van der Waals surface area contributed by atoms with Crippen LogP contribution in [0, 0.1) is 5.92 Å². The molecule has 1 aromatic rings. The van der Waals surface area contributed by atoms with Gasteiger partial charge < -0.3 is 5.73 Å². The lowest BCUT2D eigenvalue weighted by atomic mass is 9.98. The molecule has 14 heavy (non-hydrogen) atoms. The average molecular weight is 195 g/mol. The highest BCUT2D eigenvalue weighted by atomic mass is 16.1. The Morgan fingerprint density at radius 1 is 1.71 bits per heavy atom. The van der Waals surface area contributed by atoms with Gasteiger partial charge in [-0.1, -0.05) is 6.92 Å². The predicted octanol–water partition coefficient (Wildman–Crippen LogP) is 0.517. The van der Waals surface area contributed by atoms with E-state index in [1.807, 2.05) is 20.2 Å². The summed E-state index contributed by atoms with van der Waals surface area (Å²) in [5.74, 6) is 0.295. The van der Waals surface area contributed by atoms with E-state index in [1.54, 1.807) is 10.9 Å². The topological polar surface area (TPSA) is 60.9 Å². The van der Waals surface area contributed by atoms with Gasteiger partial charge in [0.1, 0.15) is 5.78 Å². The smallest absolute Gasteiger partial charge is 0.140 e. The van der Waals surface area contributed by atoms with Gasteiger partial charge in [-0.25, -0.2) is 0 Å². The van der Waals surface area contributed by atoms with Gasteiger partial charge in [0.05, 0.1) is 6.20 Å².